The summed E-state index contributed by atoms with van der Waals surface area (Å²) in [5.74, 6) is 0.217. The molecule has 1 aliphatic heterocycles. The lowest BCUT2D eigenvalue weighted by atomic mass is 10.1. The SMILES string of the molecule is C[C@@H](O)[C@H]1O[C@H](n2cnc3c(N)ncnc32)[C@@H](O)[C@@H]1O. The van der Waals surface area contributed by atoms with Crippen LogP contribution < -0.4 is 5.73 Å². The highest BCUT2D eigenvalue weighted by atomic mass is 16.6. The number of nitrogens with two attached hydrogens (primary N) is 1. The highest BCUT2D eigenvalue weighted by molar-refractivity contribution is 5.81. The normalized spacial score (nSPS) is 31.8. The number of aliphatic hydroxyl groups is 3. The fourth-order valence-electron chi connectivity index (χ4n) is 2.37. The van der Waals surface area contributed by atoms with Gasteiger partial charge in [-0.05, 0) is 6.92 Å². The number of imidazole rings is 1. The maximum Gasteiger partial charge on any atom is 0.167 e. The van der Waals surface area contributed by atoms with Crippen LogP contribution in [0.15, 0.2) is 12.7 Å². The summed E-state index contributed by atoms with van der Waals surface area (Å²) in [5.41, 5.74) is 6.46. The van der Waals surface area contributed by atoms with E-state index in [1.54, 1.807) is 0 Å². The molecule has 2 aromatic heterocycles. The summed E-state index contributed by atoms with van der Waals surface area (Å²) in [6, 6.07) is 0. The largest absolute Gasteiger partial charge is 0.391 e. The first-order chi connectivity index (χ1) is 9.50. The van der Waals surface area contributed by atoms with Gasteiger partial charge < -0.3 is 25.8 Å². The molecule has 3 heterocycles. The highest BCUT2D eigenvalue weighted by Crippen LogP contribution is 2.33. The topological polar surface area (TPSA) is 140 Å². The van der Waals surface area contributed by atoms with Crippen LogP contribution in [-0.2, 0) is 4.74 Å². The number of nitrogen functional groups attached to an aromatic ring is 1. The van der Waals surface area contributed by atoms with Gasteiger partial charge >= 0.3 is 0 Å². The summed E-state index contributed by atoms with van der Waals surface area (Å²) in [6.07, 6.45) is -2.42. The molecule has 1 fully saturated rings. The summed E-state index contributed by atoms with van der Waals surface area (Å²) in [5, 5.41) is 29.5. The average Bonchev–Trinajstić information content (AvgIpc) is 2.94. The molecule has 2 aromatic rings. The Morgan fingerprint density at radius 1 is 1.30 bits per heavy atom. The Balaban J connectivity index is 2.02. The first-order valence-corrected chi connectivity index (χ1v) is 6.13. The number of fused-ring (bicyclic) bond motifs is 1. The van der Waals surface area contributed by atoms with Crippen LogP contribution in [0.5, 0.6) is 0 Å². The summed E-state index contributed by atoms with van der Waals surface area (Å²) < 4.78 is 6.97. The van der Waals surface area contributed by atoms with Crippen molar-refractivity contribution in [3.05, 3.63) is 12.7 Å². The first-order valence-electron chi connectivity index (χ1n) is 6.13. The Hall–Kier alpha value is -1.81. The molecule has 0 amide bonds. The number of anilines is 1. The predicted octanol–water partition coefficient (Wildman–Crippen LogP) is -1.59. The van der Waals surface area contributed by atoms with Crippen molar-refractivity contribution in [2.24, 2.45) is 0 Å². The molecule has 20 heavy (non-hydrogen) atoms. The third-order valence-electron chi connectivity index (χ3n) is 3.41. The molecule has 9 heteroatoms. The van der Waals surface area contributed by atoms with Gasteiger partial charge in [-0.2, -0.15) is 0 Å². The van der Waals surface area contributed by atoms with Gasteiger partial charge in [-0.3, -0.25) is 4.57 Å². The van der Waals surface area contributed by atoms with Crippen molar-refractivity contribution >= 4 is 17.0 Å². The quantitative estimate of drug-likeness (QED) is 0.516. The molecular formula is C11H15N5O4. The number of hydrogen-bond donors (Lipinski definition) is 4. The lowest BCUT2D eigenvalue weighted by Crippen LogP contribution is -2.37. The van der Waals surface area contributed by atoms with E-state index in [1.807, 2.05) is 0 Å². The summed E-state index contributed by atoms with van der Waals surface area (Å²) >= 11 is 0. The van der Waals surface area contributed by atoms with E-state index in [-0.39, 0.29) is 5.82 Å². The van der Waals surface area contributed by atoms with Crippen LogP contribution in [0.1, 0.15) is 13.2 Å². The van der Waals surface area contributed by atoms with Gasteiger partial charge in [-0.15, -0.1) is 0 Å². The van der Waals surface area contributed by atoms with Crippen molar-refractivity contribution < 1.29 is 20.1 Å². The average molecular weight is 281 g/mol. The zero-order valence-electron chi connectivity index (χ0n) is 10.7. The first kappa shape index (κ1) is 13.2. The van der Waals surface area contributed by atoms with Gasteiger partial charge in [-0.1, -0.05) is 0 Å². The summed E-state index contributed by atoms with van der Waals surface area (Å²) in [7, 11) is 0. The molecule has 0 bridgehead atoms. The minimum atomic E-state index is -1.21. The fourth-order valence-corrected chi connectivity index (χ4v) is 2.37. The number of rotatable bonds is 2. The molecular weight excluding hydrogens is 266 g/mol. The third kappa shape index (κ3) is 1.83. The molecule has 108 valence electrons. The van der Waals surface area contributed by atoms with Crippen LogP contribution in [0.25, 0.3) is 11.2 Å². The Labute approximate surface area is 113 Å². The van der Waals surface area contributed by atoms with E-state index in [2.05, 4.69) is 15.0 Å². The van der Waals surface area contributed by atoms with Gasteiger partial charge in [0, 0.05) is 0 Å². The number of hydrogen-bond acceptors (Lipinski definition) is 8. The second-order valence-electron chi connectivity index (χ2n) is 4.80. The molecule has 5 N–H and O–H groups in total. The van der Waals surface area contributed by atoms with Crippen molar-refractivity contribution in [3.63, 3.8) is 0 Å². The van der Waals surface area contributed by atoms with E-state index in [0.717, 1.165) is 0 Å². The number of ether oxygens (including phenoxy) is 1. The molecule has 0 spiro atoms. The van der Waals surface area contributed by atoms with Crippen molar-refractivity contribution in [1.29, 1.82) is 0 Å². The number of nitrogens with zero attached hydrogens (tertiary/aromatic N) is 4. The lowest BCUT2D eigenvalue weighted by Gasteiger charge is -2.17. The van der Waals surface area contributed by atoms with E-state index in [4.69, 9.17) is 10.5 Å². The molecule has 1 aliphatic rings. The maximum atomic E-state index is 10.1. The van der Waals surface area contributed by atoms with Gasteiger partial charge in [-0.25, -0.2) is 15.0 Å². The maximum absolute atomic E-state index is 10.1. The minimum absolute atomic E-state index is 0.217. The van der Waals surface area contributed by atoms with Gasteiger partial charge in [0.25, 0.3) is 0 Å². The zero-order valence-corrected chi connectivity index (χ0v) is 10.7. The fraction of sp³-hybridized carbons (Fsp3) is 0.545. The van der Waals surface area contributed by atoms with Crippen LogP contribution in [0.2, 0.25) is 0 Å². The Morgan fingerprint density at radius 2 is 2.05 bits per heavy atom. The molecule has 0 aromatic carbocycles. The smallest absolute Gasteiger partial charge is 0.167 e. The molecule has 0 saturated carbocycles. The summed E-state index contributed by atoms with van der Waals surface area (Å²) in [4.78, 5) is 11.9. The van der Waals surface area contributed by atoms with Crippen LogP contribution >= 0.6 is 0 Å². The predicted molar refractivity (Wildman–Crippen MR) is 67.3 cm³/mol. The molecule has 1 saturated heterocycles. The Morgan fingerprint density at radius 3 is 2.70 bits per heavy atom. The van der Waals surface area contributed by atoms with Crippen LogP contribution in [0.3, 0.4) is 0 Å². The molecule has 0 radical (unpaired) electrons. The second-order valence-corrected chi connectivity index (χ2v) is 4.80. The number of aromatic nitrogens is 4. The molecule has 5 atom stereocenters. The van der Waals surface area contributed by atoms with Gasteiger partial charge in [0.2, 0.25) is 0 Å². The minimum Gasteiger partial charge on any atom is -0.391 e. The van der Waals surface area contributed by atoms with Gasteiger partial charge in [0.1, 0.15) is 30.2 Å². The van der Waals surface area contributed by atoms with Crippen LogP contribution in [-0.4, -0.2) is 59.3 Å². The molecule has 0 unspecified atom stereocenters. The van der Waals surface area contributed by atoms with Crippen molar-refractivity contribution in [1.82, 2.24) is 19.5 Å². The van der Waals surface area contributed by atoms with E-state index < -0.39 is 30.6 Å². The molecule has 9 nitrogen and oxygen atoms in total. The van der Waals surface area contributed by atoms with E-state index in [1.165, 1.54) is 24.1 Å². The van der Waals surface area contributed by atoms with Gasteiger partial charge in [0.05, 0.1) is 12.4 Å². The van der Waals surface area contributed by atoms with Crippen molar-refractivity contribution in [2.75, 3.05) is 5.73 Å². The van der Waals surface area contributed by atoms with Crippen molar-refractivity contribution in [3.8, 4) is 0 Å². The lowest BCUT2D eigenvalue weighted by molar-refractivity contribution is -0.0777. The van der Waals surface area contributed by atoms with Gasteiger partial charge in [0.15, 0.2) is 17.7 Å². The van der Waals surface area contributed by atoms with Crippen molar-refractivity contribution in [2.45, 2.75) is 37.6 Å². The van der Waals surface area contributed by atoms with E-state index in [0.29, 0.717) is 11.2 Å². The highest BCUT2D eigenvalue weighted by Gasteiger charge is 2.46. The van der Waals surface area contributed by atoms with E-state index in [9.17, 15) is 15.3 Å². The van der Waals surface area contributed by atoms with Crippen LogP contribution in [0.4, 0.5) is 5.82 Å². The van der Waals surface area contributed by atoms with Crippen LogP contribution in [0, 0.1) is 0 Å². The standard InChI is InChI=1S/C11H15N5O4/c1-4(17)8-6(18)7(19)11(20-8)16-3-15-5-9(12)13-2-14-10(5)16/h2-4,6-8,11,17-19H,1H3,(H2,12,13,14)/t4-,6+,7+,8-,11+/m1/s1. The van der Waals surface area contributed by atoms with E-state index >= 15 is 0 Å². The second kappa shape index (κ2) is 4.63. The third-order valence-corrected chi connectivity index (χ3v) is 3.41. The molecule has 3 rings (SSSR count). The Kier molecular flexibility index (Phi) is 3.05. The Bertz CT molecular complexity index is 630. The monoisotopic (exact) mass is 281 g/mol. The molecule has 0 aliphatic carbocycles. The number of aliphatic hydroxyl groups excluding tert-OH is 3. The summed E-state index contributed by atoms with van der Waals surface area (Å²) in [6.45, 7) is 1.48. The zero-order chi connectivity index (χ0) is 14.4.